The summed E-state index contributed by atoms with van der Waals surface area (Å²) in [5.41, 5.74) is 1.92. The third-order valence-corrected chi connectivity index (χ3v) is 2.36. The predicted molar refractivity (Wildman–Crippen MR) is 61.5 cm³/mol. The molecule has 0 saturated carbocycles. The van der Waals surface area contributed by atoms with E-state index in [9.17, 15) is 0 Å². The van der Waals surface area contributed by atoms with Crippen molar-refractivity contribution >= 4 is 23.1 Å². The van der Waals surface area contributed by atoms with Crippen LogP contribution in [0.3, 0.4) is 0 Å². The van der Waals surface area contributed by atoms with E-state index in [1.54, 1.807) is 12.3 Å². The number of para-hydroxylation sites is 1. The fraction of sp³-hybridized carbons (Fsp3) is 0. The van der Waals surface area contributed by atoms with Crippen LogP contribution in [0.4, 0.5) is 0 Å². The number of aromatic nitrogens is 3. The molecule has 2 heterocycles. The molecule has 1 N–H and O–H groups in total. The normalized spacial score (nSPS) is 11.5. The van der Waals surface area contributed by atoms with Crippen molar-refractivity contribution in [3.05, 3.63) is 48.0 Å². The number of nitrogens with zero attached hydrogens (tertiary/aromatic N) is 2. The van der Waals surface area contributed by atoms with Crippen LogP contribution in [0, 0.1) is 0 Å². The SMILES string of the molecule is C(=C\c1n[nH]c2ccccc12)/c1ccno1. The van der Waals surface area contributed by atoms with Crippen molar-refractivity contribution in [2.75, 3.05) is 0 Å². The van der Waals surface area contributed by atoms with E-state index in [4.69, 9.17) is 4.52 Å². The standard InChI is InChI=1S/C12H9N3O/c1-2-4-11-10(3-1)12(15-14-11)6-5-9-7-8-13-16-9/h1-8H,(H,14,15)/b6-5+. The molecule has 0 radical (unpaired) electrons. The summed E-state index contributed by atoms with van der Waals surface area (Å²) in [7, 11) is 0. The Morgan fingerprint density at radius 2 is 2.06 bits per heavy atom. The molecule has 0 aliphatic heterocycles. The summed E-state index contributed by atoms with van der Waals surface area (Å²) >= 11 is 0. The number of aromatic amines is 1. The third kappa shape index (κ3) is 1.50. The maximum Gasteiger partial charge on any atom is 0.159 e. The molecule has 2 aromatic heterocycles. The summed E-state index contributed by atoms with van der Waals surface area (Å²) in [5, 5.41) is 11.9. The van der Waals surface area contributed by atoms with Gasteiger partial charge in [0.05, 0.1) is 17.4 Å². The van der Waals surface area contributed by atoms with Gasteiger partial charge < -0.3 is 4.52 Å². The molecule has 4 heteroatoms. The first-order valence-electron chi connectivity index (χ1n) is 4.95. The number of nitrogens with one attached hydrogen (secondary N) is 1. The second-order valence-electron chi connectivity index (χ2n) is 3.40. The highest BCUT2D eigenvalue weighted by molar-refractivity contribution is 5.88. The topological polar surface area (TPSA) is 54.7 Å². The molecular formula is C12H9N3O. The summed E-state index contributed by atoms with van der Waals surface area (Å²) < 4.78 is 4.97. The number of rotatable bonds is 2. The Morgan fingerprint density at radius 1 is 1.12 bits per heavy atom. The van der Waals surface area contributed by atoms with Crippen LogP contribution in [0.25, 0.3) is 23.1 Å². The van der Waals surface area contributed by atoms with Gasteiger partial charge in [0.1, 0.15) is 0 Å². The average Bonchev–Trinajstić information content (AvgIpc) is 2.96. The molecule has 0 atom stereocenters. The molecular weight excluding hydrogens is 202 g/mol. The van der Waals surface area contributed by atoms with E-state index in [1.807, 2.05) is 36.4 Å². The van der Waals surface area contributed by atoms with Gasteiger partial charge in [-0.3, -0.25) is 5.10 Å². The van der Waals surface area contributed by atoms with Crippen molar-refractivity contribution in [2.24, 2.45) is 0 Å². The first-order valence-corrected chi connectivity index (χ1v) is 4.95. The van der Waals surface area contributed by atoms with Gasteiger partial charge in [-0.25, -0.2) is 0 Å². The Labute approximate surface area is 91.6 Å². The lowest BCUT2D eigenvalue weighted by molar-refractivity contribution is 0.413. The van der Waals surface area contributed by atoms with Crippen LogP contribution in [-0.2, 0) is 0 Å². The summed E-state index contributed by atoms with van der Waals surface area (Å²) in [6.07, 6.45) is 5.36. The Hall–Kier alpha value is -2.36. The maximum atomic E-state index is 4.97. The highest BCUT2D eigenvalue weighted by Gasteiger charge is 2.00. The molecule has 0 aliphatic carbocycles. The van der Waals surface area contributed by atoms with Crippen molar-refractivity contribution < 1.29 is 4.52 Å². The molecule has 0 bridgehead atoms. The zero-order chi connectivity index (χ0) is 10.8. The van der Waals surface area contributed by atoms with Gasteiger partial charge in [0.2, 0.25) is 0 Å². The van der Waals surface area contributed by atoms with E-state index in [2.05, 4.69) is 15.4 Å². The zero-order valence-corrected chi connectivity index (χ0v) is 8.42. The van der Waals surface area contributed by atoms with Crippen LogP contribution < -0.4 is 0 Å². The Balaban J connectivity index is 2.01. The molecule has 0 aliphatic rings. The van der Waals surface area contributed by atoms with E-state index in [-0.39, 0.29) is 0 Å². The van der Waals surface area contributed by atoms with Crippen LogP contribution >= 0.6 is 0 Å². The number of hydrogen-bond donors (Lipinski definition) is 1. The van der Waals surface area contributed by atoms with Gasteiger partial charge in [0.25, 0.3) is 0 Å². The number of hydrogen-bond acceptors (Lipinski definition) is 3. The third-order valence-electron chi connectivity index (χ3n) is 2.36. The molecule has 0 saturated heterocycles. The lowest BCUT2D eigenvalue weighted by atomic mass is 10.2. The second kappa shape index (κ2) is 3.66. The molecule has 4 nitrogen and oxygen atoms in total. The monoisotopic (exact) mass is 211 g/mol. The van der Waals surface area contributed by atoms with Gasteiger partial charge >= 0.3 is 0 Å². The van der Waals surface area contributed by atoms with E-state index in [0.717, 1.165) is 16.6 Å². The number of benzene rings is 1. The Kier molecular flexibility index (Phi) is 2.04. The van der Waals surface area contributed by atoms with Crippen LogP contribution in [-0.4, -0.2) is 15.4 Å². The Bertz CT molecular complexity index is 623. The lowest BCUT2D eigenvalue weighted by Gasteiger charge is -1.87. The average molecular weight is 211 g/mol. The van der Waals surface area contributed by atoms with Crippen molar-refractivity contribution in [1.82, 2.24) is 15.4 Å². The minimum absolute atomic E-state index is 0.715. The second-order valence-corrected chi connectivity index (χ2v) is 3.40. The quantitative estimate of drug-likeness (QED) is 0.709. The van der Waals surface area contributed by atoms with Crippen LogP contribution in [0.2, 0.25) is 0 Å². The molecule has 16 heavy (non-hydrogen) atoms. The summed E-state index contributed by atoms with van der Waals surface area (Å²) in [6, 6.07) is 9.78. The van der Waals surface area contributed by atoms with Gasteiger partial charge in [0, 0.05) is 11.5 Å². The van der Waals surface area contributed by atoms with E-state index < -0.39 is 0 Å². The molecule has 0 fully saturated rings. The van der Waals surface area contributed by atoms with Crippen LogP contribution in [0.5, 0.6) is 0 Å². The number of H-pyrrole nitrogens is 1. The fourth-order valence-corrected chi connectivity index (χ4v) is 1.58. The molecule has 3 rings (SSSR count). The molecule has 3 aromatic rings. The van der Waals surface area contributed by atoms with Crippen LogP contribution in [0.15, 0.2) is 41.1 Å². The van der Waals surface area contributed by atoms with Crippen molar-refractivity contribution in [3.8, 4) is 0 Å². The summed E-state index contributed by atoms with van der Waals surface area (Å²) in [6.45, 7) is 0. The lowest BCUT2D eigenvalue weighted by Crippen LogP contribution is -1.71. The predicted octanol–water partition coefficient (Wildman–Crippen LogP) is 2.72. The van der Waals surface area contributed by atoms with Crippen molar-refractivity contribution in [3.63, 3.8) is 0 Å². The molecule has 78 valence electrons. The van der Waals surface area contributed by atoms with Crippen molar-refractivity contribution in [1.29, 1.82) is 0 Å². The first-order chi connectivity index (χ1) is 7.93. The molecule has 0 unspecified atom stereocenters. The van der Waals surface area contributed by atoms with Gasteiger partial charge in [-0.15, -0.1) is 0 Å². The van der Waals surface area contributed by atoms with E-state index in [1.165, 1.54) is 0 Å². The first kappa shape index (κ1) is 8.91. The van der Waals surface area contributed by atoms with Gasteiger partial charge in [-0.2, -0.15) is 5.10 Å². The Morgan fingerprint density at radius 3 is 2.94 bits per heavy atom. The molecule has 0 amide bonds. The highest BCUT2D eigenvalue weighted by atomic mass is 16.5. The van der Waals surface area contributed by atoms with E-state index >= 15 is 0 Å². The van der Waals surface area contributed by atoms with Crippen LogP contribution in [0.1, 0.15) is 11.5 Å². The highest BCUT2D eigenvalue weighted by Crippen LogP contribution is 2.17. The van der Waals surface area contributed by atoms with Gasteiger partial charge in [-0.05, 0) is 18.2 Å². The largest absolute Gasteiger partial charge is 0.357 e. The molecule has 1 aromatic carbocycles. The fourth-order valence-electron chi connectivity index (χ4n) is 1.58. The minimum Gasteiger partial charge on any atom is -0.357 e. The summed E-state index contributed by atoms with van der Waals surface area (Å²) in [5.74, 6) is 0.715. The zero-order valence-electron chi connectivity index (χ0n) is 8.42. The van der Waals surface area contributed by atoms with Crippen molar-refractivity contribution in [2.45, 2.75) is 0 Å². The summed E-state index contributed by atoms with van der Waals surface area (Å²) in [4.78, 5) is 0. The van der Waals surface area contributed by atoms with E-state index in [0.29, 0.717) is 5.76 Å². The van der Waals surface area contributed by atoms with Gasteiger partial charge in [-0.1, -0.05) is 23.4 Å². The maximum absolute atomic E-state index is 4.97. The minimum atomic E-state index is 0.715. The number of fused-ring (bicyclic) bond motifs is 1. The smallest absolute Gasteiger partial charge is 0.159 e. The molecule has 0 spiro atoms. The van der Waals surface area contributed by atoms with Gasteiger partial charge in [0.15, 0.2) is 5.76 Å².